The summed E-state index contributed by atoms with van der Waals surface area (Å²) in [6.07, 6.45) is 69.4. The smallest absolute Gasteiger partial charge is 0.220 e. The summed E-state index contributed by atoms with van der Waals surface area (Å²) >= 11 is 0. The summed E-state index contributed by atoms with van der Waals surface area (Å²) in [5.41, 5.74) is 0. The van der Waals surface area contributed by atoms with E-state index >= 15 is 0 Å². The van der Waals surface area contributed by atoms with Crippen molar-refractivity contribution in [2.75, 3.05) is 6.61 Å². The highest BCUT2D eigenvalue weighted by molar-refractivity contribution is 5.76. The molecule has 0 aromatic carbocycles. The van der Waals surface area contributed by atoms with Crippen LogP contribution in [-0.2, 0) is 4.79 Å². The quantitative estimate of drug-likeness (QED) is 0.0423. The van der Waals surface area contributed by atoms with Gasteiger partial charge in [-0.25, -0.2) is 0 Å². The molecule has 0 aliphatic heterocycles. The van der Waals surface area contributed by atoms with Gasteiger partial charge in [-0.3, -0.25) is 4.79 Å². The number of amides is 1. The van der Waals surface area contributed by atoms with Crippen molar-refractivity contribution < 1.29 is 15.0 Å². The van der Waals surface area contributed by atoms with E-state index in [4.69, 9.17) is 0 Å². The Kier molecular flexibility index (Phi) is 49.3. The predicted molar refractivity (Wildman–Crippen MR) is 262 cm³/mol. The van der Waals surface area contributed by atoms with Gasteiger partial charge in [0.25, 0.3) is 0 Å². The Labute approximate surface area is 369 Å². The first-order valence-electron chi connectivity index (χ1n) is 26.3. The summed E-state index contributed by atoms with van der Waals surface area (Å²) in [4.78, 5) is 12.5. The van der Waals surface area contributed by atoms with E-state index in [0.717, 1.165) is 51.4 Å². The summed E-state index contributed by atoms with van der Waals surface area (Å²) in [7, 11) is 0. The summed E-state index contributed by atoms with van der Waals surface area (Å²) in [6.45, 7) is 4.27. The first-order valence-corrected chi connectivity index (χ1v) is 26.3. The van der Waals surface area contributed by atoms with Crippen LogP contribution in [0.4, 0.5) is 0 Å². The Bertz CT molecular complexity index is 939. The van der Waals surface area contributed by atoms with Crippen LogP contribution < -0.4 is 5.32 Å². The maximum atomic E-state index is 12.5. The minimum absolute atomic E-state index is 0.0291. The molecule has 0 aromatic rings. The lowest BCUT2D eigenvalue weighted by molar-refractivity contribution is -0.123. The SMILES string of the molecule is CC/C=C\C/C=C\C/C=C\C/C=C\CCCCCCCCCCCCCCCCCCC(=O)NC(CO)C(O)CCCCCCCCCCCCCCCCCCCC. The molecule has 0 heterocycles. The molecule has 0 saturated carbocycles. The zero-order valence-corrected chi connectivity index (χ0v) is 39.8. The molecule has 0 aliphatic rings. The number of hydrogen-bond acceptors (Lipinski definition) is 3. The lowest BCUT2D eigenvalue weighted by atomic mass is 10.0. The molecule has 3 N–H and O–H groups in total. The van der Waals surface area contributed by atoms with Gasteiger partial charge in [0, 0.05) is 6.42 Å². The lowest BCUT2D eigenvalue weighted by Gasteiger charge is -2.22. The van der Waals surface area contributed by atoms with Crippen molar-refractivity contribution in [1.82, 2.24) is 5.32 Å². The van der Waals surface area contributed by atoms with Gasteiger partial charge in [-0.15, -0.1) is 0 Å². The molecule has 2 atom stereocenters. The second kappa shape index (κ2) is 50.7. The molecule has 0 rings (SSSR count). The average Bonchev–Trinajstić information content (AvgIpc) is 3.24. The van der Waals surface area contributed by atoms with Crippen LogP contribution in [0.1, 0.15) is 277 Å². The zero-order valence-electron chi connectivity index (χ0n) is 39.8. The normalized spacial score (nSPS) is 13.2. The van der Waals surface area contributed by atoms with Crippen molar-refractivity contribution in [2.45, 2.75) is 289 Å². The van der Waals surface area contributed by atoms with Crippen molar-refractivity contribution in [3.05, 3.63) is 48.6 Å². The number of carbonyl (C=O) groups is 1. The summed E-state index contributed by atoms with van der Waals surface area (Å²) < 4.78 is 0. The van der Waals surface area contributed by atoms with Gasteiger partial charge in [-0.05, 0) is 51.4 Å². The van der Waals surface area contributed by atoms with Gasteiger partial charge in [-0.1, -0.05) is 268 Å². The van der Waals surface area contributed by atoms with E-state index in [0.29, 0.717) is 12.8 Å². The highest BCUT2D eigenvalue weighted by Crippen LogP contribution is 2.17. The van der Waals surface area contributed by atoms with E-state index < -0.39 is 12.1 Å². The third-order valence-corrected chi connectivity index (χ3v) is 12.1. The van der Waals surface area contributed by atoms with Gasteiger partial charge in [0.05, 0.1) is 18.8 Å². The lowest BCUT2D eigenvalue weighted by Crippen LogP contribution is -2.45. The Hall–Kier alpha value is -1.65. The average molecular weight is 826 g/mol. The largest absolute Gasteiger partial charge is 0.394 e. The van der Waals surface area contributed by atoms with Gasteiger partial charge in [-0.2, -0.15) is 0 Å². The Balaban J connectivity index is 3.46. The third kappa shape index (κ3) is 47.3. The molecule has 1 amide bonds. The first-order chi connectivity index (χ1) is 29.2. The number of allylic oxidation sites excluding steroid dienone is 8. The number of aliphatic hydroxyl groups excluding tert-OH is 2. The maximum absolute atomic E-state index is 12.5. The summed E-state index contributed by atoms with van der Waals surface area (Å²) in [5, 5.41) is 23.3. The van der Waals surface area contributed by atoms with Crippen molar-refractivity contribution in [3.8, 4) is 0 Å². The fraction of sp³-hybridized carbons (Fsp3) is 0.836. The molecule has 4 heteroatoms. The number of aliphatic hydroxyl groups is 2. The van der Waals surface area contributed by atoms with E-state index in [9.17, 15) is 15.0 Å². The van der Waals surface area contributed by atoms with Gasteiger partial charge in [0.1, 0.15) is 0 Å². The van der Waals surface area contributed by atoms with Crippen LogP contribution in [0.2, 0.25) is 0 Å². The minimum Gasteiger partial charge on any atom is -0.394 e. The Morgan fingerprint density at radius 1 is 0.424 bits per heavy atom. The molecule has 0 bridgehead atoms. The topological polar surface area (TPSA) is 69.6 Å². The van der Waals surface area contributed by atoms with Crippen molar-refractivity contribution in [2.24, 2.45) is 0 Å². The maximum Gasteiger partial charge on any atom is 0.220 e. The highest BCUT2D eigenvalue weighted by atomic mass is 16.3. The molecule has 0 spiro atoms. The number of carbonyl (C=O) groups excluding carboxylic acids is 1. The molecule has 4 nitrogen and oxygen atoms in total. The van der Waals surface area contributed by atoms with Crippen LogP contribution in [0, 0.1) is 0 Å². The molecule has 0 saturated heterocycles. The van der Waals surface area contributed by atoms with Crippen LogP contribution in [-0.4, -0.2) is 34.9 Å². The summed E-state index contributed by atoms with van der Waals surface area (Å²) in [5.74, 6) is -0.0291. The minimum atomic E-state index is -0.659. The molecular formula is C55H103NO3. The molecule has 0 aliphatic carbocycles. The van der Waals surface area contributed by atoms with E-state index in [1.165, 1.54) is 199 Å². The molecule has 0 radical (unpaired) electrons. The number of rotatable bonds is 48. The second-order valence-corrected chi connectivity index (χ2v) is 17.9. The Morgan fingerprint density at radius 3 is 1.12 bits per heavy atom. The van der Waals surface area contributed by atoms with E-state index in [1.54, 1.807) is 0 Å². The Morgan fingerprint density at radius 2 is 0.746 bits per heavy atom. The molecule has 0 aromatic heterocycles. The van der Waals surface area contributed by atoms with Crippen LogP contribution >= 0.6 is 0 Å². The van der Waals surface area contributed by atoms with E-state index in [2.05, 4.69) is 67.8 Å². The number of unbranched alkanes of at least 4 members (excludes halogenated alkanes) is 33. The standard InChI is InChI=1S/C55H103NO3/c1-3-5-7-9-11-13-15-17-19-21-23-24-25-26-27-28-29-30-31-32-33-35-37-39-41-43-45-47-49-51-55(59)56-53(52-57)54(58)50-48-46-44-42-40-38-36-34-22-20-18-16-14-12-10-8-6-4-2/h5,7,11,13,17,19,23-24,53-54,57-58H,3-4,6,8-10,12,14-16,18,20-22,25-52H2,1-2H3,(H,56,59)/b7-5-,13-11-,19-17-,24-23-. The van der Waals surface area contributed by atoms with Crippen LogP contribution in [0.5, 0.6) is 0 Å². The van der Waals surface area contributed by atoms with Crippen LogP contribution in [0.15, 0.2) is 48.6 Å². The fourth-order valence-electron chi connectivity index (χ4n) is 8.12. The molecular weight excluding hydrogens is 723 g/mol. The van der Waals surface area contributed by atoms with E-state index in [1.807, 2.05) is 0 Å². The molecule has 2 unspecified atom stereocenters. The number of nitrogens with one attached hydrogen (secondary N) is 1. The third-order valence-electron chi connectivity index (χ3n) is 12.1. The van der Waals surface area contributed by atoms with E-state index in [-0.39, 0.29) is 12.5 Å². The van der Waals surface area contributed by atoms with Gasteiger partial charge < -0.3 is 15.5 Å². The second-order valence-electron chi connectivity index (χ2n) is 17.9. The van der Waals surface area contributed by atoms with Gasteiger partial charge in [0.15, 0.2) is 0 Å². The van der Waals surface area contributed by atoms with Gasteiger partial charge >= 0.3 is 0 Å². The zero-order chi connectivity index (χ0) is 42.8. The molecule has 59 heavy (non-hydrogen) atoms. The van der Waals surface area contributed by atoms with Crippen LogP contribution in [0.25, 0.3) is 0 Å². The molecule has 0 fully saturated rings. The summed E-state index contributed by atoms with van der Waals surface area (Å²) in [6, 6.07) is -0.536. The number of hydrogen-bond donors (Lipinski definition) is 3. The predicted octanol–water partition coefficient (Wildman–Crippen LogP) is 17.1. The molecule has 346 valence electrons. The monoisotopic (exact) mass is 826 g/mol. The van der Waals surface area contributed by atoms with Crippen LogP contribution in [0.3, 0.4) is 0 Å². The first kappa shape index (κ1) is 57.3. The van der Waals surface area contributed by atoms with Crippen molar-refractivity contribution >= 4 is 5.91 Å². The fourth-order valence-corrected chi connectivity index (χ4v) is 8.12. The van der Waals surface area contributed by atoms with Crippen molar-refractivity contribution in [1.29, 1.82) is 0 Å². The van der Waals surface area contributed by atoms with Crippen molar-refractivity contribution in [3.63, 3.8) is 0 Å². The highest BCUT2D eigenvalue weighted by Gasteiger charge is 2.20. The van der Waals surface area contributed by atoms with Gasteiger partial charge in [0.2, 0.25) is 5.91 Å².